The lowest BCUT2D eigenvalue weighted by molar-refractivity contribution is -0.129. The minimum Gasteiger partial charge on any atom is -0.364 e. The molecule has 0 spiro atoms. The topological polar surface area (TPSA) is 144 Å². The van der Waals surface area contributed by atoms with Crippen LogP contribution in [0.25, 0.3) is 0 Å². The standard InChI is InChI=1S/C18H26N4O5/c1-10(2)6-13(14-9-27-22-15(14)16(19)24)18(26)21-12(8-23)7-11-4-3-5-20-17(11)25/h8-13H,3-7H2,1-2H3,(H2,19,24)(H,20,25)(H,21,26)/t11-,12-,13-/m0/s1. The van der Waals surface area contributed by atoms with Gasteiger partial charge in [0.05, 0.1) is 12.0 Å². The summed E-state index contributed by atoms with van der Waals surface area (Å²) >= 11 is 0. The van der Waals surface area contributed by atoms with E-state index >= 15 is 0 Å². The average molecular weight is 378 g/mol. The molecule has 0 radical (unpaired) electrons. The Morgan fingerprint density at radius 1 is 1.48 bits per heavy atom. The lowest BCUT2D eigenvalue weighted by Crippen LogP contribution is -2.44. The van der Waals surface area contributed by atoms with Crippen molar-refractivity contribution in [2.24, 2.45) is 17.6 Å². The summed E-state index contributed by atoms with van der Waals surface area (Å²) in [6, 6.07) is -0.794. The Bertz CT molecular complexity index is 700. The molecule has 9 nitrogen and oxygen atoms in total. The molecular formula is C18H26N4O5. The van der Waals surface area contributed by atoms with Crippen LogP contribution in [0.4, 0.5) is 0 Å². The number of carbonyl (C=O) groups excluding carboxylic acids is 4. The normalized spacial score (nSPS) is 19.2. The molecule has 1 aromatic rings. The molecule has 1 saturated heterocycles. The summed E-state index contributed by atoms with van der Waals surface area (Å²) in [5.74, 6) is -2.23. The van der Waals surface area contributed by atoms with Crippen LogP contribution in [0, 0.1) is 11.8 Å². The second-order valence-corrected chi connectivity index (χ2v) is 7.28. The van der Waals surface area contributed by atoms with Gasteiger partial charge in [-0.05, 0) is 31.6 Å². The zero-order valence-electron chi connectivity index (χ0n) is 15.6. The number of nitrogens with zero attached hydrogens (tertiary/aromatic N) is 1. The van der Waals surface area contributed by atoms with Crippen LogP contribution in [0.3, 0.4) is 0 Å². The number of rotatable bonds is 9. The van der Waals surface area contributed by atoms with Crippen molar-refractivity contribution in [1.82, 2.24) is 15.8 Å². The van der Waals surface area contributed by atoms with Crippen LogP contribution in [-0.4, -0.2) is 41.8 Å². The predicted octanol–water partition coefficient (Wildman–Crippen LogP) is 0.503. The van der Waals surface area contributed by atoms with Gasteiger partial charge in [-0.1, -0.05) is 19.0 Å². The van der Waals surface area contributed by atoms with Gasteiger partial charge in [-0.15, -0.1) is 0 Å². The van der Waals surface area contributed by atoms with Gasteiger partial charge in [0.2, 0.25) is 11.8 Å². The third kappa shape index (κ3) is 5.38. The maximum Gasteiger partial charge on any atom is 0.271 e. The Hall–Kier alpha value is -2.71. The van der Waals surface area contributed by atoms with E-state index in [1.165, 1.54) is 6.26 Å². The molecule has 4 N–H and O–H groups in total. The number of hydrogen-bond donors (Lipinski definition) is 3. The molecule has 3 atom stereocenters. The van der Waals surface area contributed by atoms with Gasteiger partial charge in [-0.2, -0.15) is 0 Å². The van der Waals surface area contributed by atoms with E-state index in [-0.39, 0.29) is 29.9 Å². The van der Waals surface area contributed by atoms with E-state index in [4.69, 9.17) is 10.3 Å². The quantitative estimate of drug-likeness (QED) is 0.534. The maximum absolute atomic E-state index is 12.9. The van der Waals surface area contributed by atoms with E-state index < -0.39 is 23.8 Å². The number of aromatic nitrogens is 1. The molecule has 0 bridgehead atoms. The Morgan fingerprint density at radius 3 is 2.81 bits per heavy atom. The highest BCUT2D eigenvalue weighted by molar-refractivity contribution is 5.95. The molecule has 1 aliphatic rings. The third-order valence-electron chi connectivity index (χ3n) is 4.66. The van der Waals surface area contributed by atoms with Gasteiger partial charge in [0.15, 0.2) is 5.69 Å². The minimum absolute atomic E-state index is 0.0925. The lowest BCUT2D eigenvalue weighted by Gasteiger charge is -2.25. The molecule has 0 aromatic carbocycles. The SMILES string of the molecule is CC(C)C[C@H](C(=O)N[C@H](C=O)C[C@@H]1CCCNC1=O)c1conc1C(N)=O. The van der Waals surface area contributed by atoms with Crippen LogP contribution in [0.15, 0.2) is 10.8 Å². The highest BCUT2D eigenvalue weighted by Gasteiger charge is 2.32. The number of aldehydes is 1. The molecule has 1 aromatic heterocycles. The van der Waals surface area contributed by atoms with Crippen molar-refractivity contribution in [1.29, 1.82) is 0 Å². The fraction of sp³-hybridized carbons (Fsp3) is 0.611. The summed E-state index contributed by atoms with van der Waals surface area (Å²) < 4.78 is 4.83. The Morgan fingerprint density at radius 2 is 2.22 bits per heavy atom. The van der Waals surface area contributed by atoms with E-state index in [0.29, 0.717) is 31.2 Å². The first-order chi connectivity index (χ1) is 12.8. The van der Waals surface area contributed by atoms with E-state index in [9.17, 15) is 19.2 Å². The predicted molar refractivity (Wildman–Crippen MR) is 95.6 cm³/mol. The number of primary amides is 1. The highest BCUT2D eigenvalue weighted by atomic mass is 16.5. The Balaban J connectivity index is 2.13. The Labute approximate surface area is 157 Å². The molecule has 148 valence electrons. The second-order valence-electron chi connectivity index (χ2n) is 7.28. The molecule has 0 unspecified atom stereocenters. The zero-order valence-corrected chi connectivity index (χ0v) is 15.6. The van der Waals surface area contributed by atoms with Crippen LogP contribution in [-0.2, 0) is 14.4 Å². The first kappa shape index (κ1) is 20.6. The number of carbonyl (C=O) groups is 4. The van der Waals surface area contributed by atoms with Gasteiger partial charge in [-0.3, -0.25) is 14.4 Å². The first-order valence-electron chi connectivity index (χ1n) is 9.10. The van der Waals surface area contributed by atoms with Gasteiger partial charge in [-0.25, -0.2) is 0 Å². The van der Waals surface area contributed by atoms with Crippen molar-refractivity contribution in [3.05, 3.63) is 17.5 Å². The maximum atomic E-state index is 12.9. The van der Waals surface area contributed by atoms with E-state index in [1.54, 1.807) is 0 Å². The summed E-state index contributed by atoms with van der Waals surface area (Å²) in [5, 5.41) is 9.03. The van der Waals surface area contributed by atoms with Crippen molar-refractivity contribution in [2.75, 3.05) is 6.54 Å². The molecule has 1 aliphatic heterocycles. The Kier molecular flexibility index (Phi) is 7.09. The average Bonchev–Trinajstić information content (AvgIpc) is 3.10. The molecule has 1 fully saturated rings. The largest absolute Gasteiger partial charge is 0.364 e. The van der Waals surface area contributed by atoms with Gasteiger partial charge in [0, 0.05) is 18.0 Å². The van der Waals surface area contributed by atoms with Crippen LogP contribution >= 0.6 is 0 Å². The van der Waals surface area contributed by atoms with Gasteiger partial charge in [0.1, 0.15) is 12.5 Å². The summed E-state index contributed by atoms with van der Waals surface area (Å²) in [6.45, 7) is 4.50. The molecule has 27 heavy (non-hydrogen) atoms. The molecule has 2 rings (SSSR count). The summed E-state index contributed by atoms with van der Waals surface area (Å²) in [7, 11) is 0. The number of nitrogens with two attached hydrogens (primary N) is 1. The lowest BCUT2D eigenvalue weighted by atomic mass is 9.88. The smallest absolute Gasteiger partial charge is 0.271 e. The number of piperidine rings is 1. The monoisotopic (exact) mass is 378 g/mol. The third-order valence-corrected chi connectivity index (χ3v) is 4.66. The van der Waals surface area contributed by atoms with Crippen molar-refractivity contribution in [2.45, 2.75) is 51.5 Å². The molecule has 0 saturated carbocycles. The van der Waals surface area contributed by atoms with Crippen LogP contribution in [0.1, 0.15) is 61.5 Å². The molecule has 0 aliphatic carbocycles. The van der Waals surface area contributed by atoms with Crippen molar-refractivity contribution >= 4 is 24.0 Å². The summed E-state index contributed by atoms with van der Waals surface area (Å²) in [4.78, 5) is 47.8. The second kappa shape index (κ2) is 9.29. The molecular weight excluding hydrogens is 352 g/mol. The van der Waals surface area contributed by atoms with Crippen LogP contribution in [0.2, 0.25) is 0 Å². The van der Waals surface area contributed by atoms with Crippen molar-refractivity contribution in [3.8, 4) is 0 Å². The fourth-order valence-corrected chi connectivity index (χ4v) is 3.32. The van der Waals surface area contributed by atoms with E-state index in [0.717, 1.165) is 6.42 Å². The molecule has 9 heteroatoms. The number of amides is 3. The molecule has 2 heterocycles. The summed E-state index contributed by atoms with van der Waals surface area (Å²) in [6.07, 6.45) is 4.05. The summed E-state index contributed by atoms with van der Waals surface area (Å²) in [5.41, 5.74) is 5.51. The van der Waals surface area contributed by atoms with E-state index in [1.807, 2.05) is 13.8 Å². The highest BCUT2D eigenvalue weighted by Crippen LogP contribution is 2.27. The number of hydrogen-bond acceptors (Lipinski definition) is 6. The van der Waals surface area contributed by atoms with Crippen LogP contribution in [0.5, 0.6) is 0 Å². The van der Waals surface area contributed by atoms with E-state index in [2.05, 4.69) is 15.8 Å². The fourth-order valence-electron chi connectivity index (χ4n) is 3.32. The molecule has 3 amide bonds. The van der Waals surface area contributed by atoms with Gasteiger partial charge in [0.25, 0.3) is 5.91 Å². The number of nitrogens with one attached hydrogen (secondary N) is 2. The van der Waals surface area contributed by atoms with Crippen molar-refractivity contribution < 1.29 is 23.7 Å². The zero-order chi connectivity index (χ0) is 20.0. The van der Waals surface area contributed by atoms with Gasteiger partial charge >= 0.3 is 0 Å². The van der Waals surface area contributed by atoms with Gasteiger partial charge < -0.3 is 25.7 Å². The van der Waals surface area contributed by atoms with Crippen molar-refractivity contribution in [3.63, 3.8) is 0 Å². The minimum atomic E-state index is -0.794. The van der Waals surface area contributed by atoms with Crippen LogP contribution < -0.4 is 16.4 Å². The first-order valence-corrected chi connectivity index (χ1v) is 9.10.